The highest BCUT2D eigenvalue weighted by Gasteiger charge is 2.36. The van der Waals surface area contributed by atoms with E-state index in [9.17, 15) is 4.79 Å². The van der Waals surface area contributed by atoms with Crippen LogP contribution in [0.25, 0.3) is 0 Å². The van der Waals surface area contributed by atoms with E-state index in [-0.39, 0.29) is 11.4 Å². The first-order valence-corrected chi connectivity index (χ1v) is 9.71. The fourth-order valence-electron chi connectivity index (χ4n) is 4.15. The molecule has 0 aliphatic carbocycles. The maximum atomic E-state index is 12.4. The molecule has 1 unspecified atom stereocenters. The van der Waals surface area contributed by atoms with Crippen molar-refractivity contribution in [1.29, 1.82) is 0 Å². The van der Waals surface area contributed by atoms with Gasteiger partial charge < -0.3 is 14.7 Å². The predicted molar refractivity (Wildman–Crippen MR) is 105 cm³/mol. The highest BCUT2D eigenvalue weighted by Crippen LogP contribution is 2.29. The SMILES string of the molecule is Cc1nc2c(c(N(C)CC3CC(=O)N(C(C)(C)C)C3)n1)CCN(C)CC2. The third-order valence-corrected chi connectivity index (χ3v) is 5.57. The van der Waals surface area contributed by atoms with Crippen LogP contribution in [0.5, 0.6) is 0 Å². The van der Waals surface area contributed by atoms with Gasteiger partial charge >= 0.3 is 0 Å². The Bertz CT molecular complexity index is 682. The monoisotopic (exact) mass is 359 g/mol. The molecule has 0 spiro atoms. The van der Waals surface area contributed by atoms with E-state index in [1.165, 1.54) is 11.3 Å². The summed E-state index contributed by atoms with van der Waals surface area (Å²) in [5, 5.41) is 0. The van der Waals surface area contributed by atoms with E-state index < -0.39 is 0 Å². The average Bonchev–Trinajstić information content (AvgIpc) is 2.81. The molecule has 0 N–H and O–H groups in total. The highest BCUT2D eigenvalue weighted by atomic mass is 16.2. The predicted octanol–water partition coefficient (Wildman–Crippen LogP) is 1.90. The number of amides is 1. The lowest BCUT2D eigenvalue weighted by Gasteiger charge is -2.32. The molecule has 1 aromatic heterocycles. The number of aryl methyl sites for hydroxylation is 1. The van der Waals surface area contributed by atoms with Gasteiger partial charge in [-0.15, -0.1) is 0 Å². The lowest BCUT2D eigenvalue weighted by molar-refractivity contribution is -0.131. The minimum Gasteiger partial charge on any atom is -0.359 e. The van der Waals surface area contributed by atoms with Gasteiger partial charge in [0.1, 0.15) is 11.6 Å². The molecule has 26 heavy (non-hydrogen) atoms. The van der Waals surface area contributed by atoms with Gasteiger partial charge in [0.15, 0.2) is 0 Å². The van der Waals surface area contributed by atoms with Crippen LogP contribution in [0.15, 0.2) is 0 Å². The van der Waals surface area contributed by atoms with E-state index >= 15 is 0 Å². The Hall–Kier alpha value is -1.69. The smallest absolute Gasteiger partial charge is 0.223 e. The topological polar surface area (TPSA) is 52.6 Å². The highest BCUT2D eigenvalue weighted by molar-refractivity contribution is 5.79. The molecular formula is C20H33N5O. The quantitative estimate of drug-likeness (QED) is 0.825. The molecule has 1 atom stereocenters. The van der Waals surface area contributed by atoms with Gasteiger partial charge in [0, 0.05) is 63.1 Å². The number of carbonyl (C=O) groups is 1. The number of fused-ring (bicyclic) bond motifs is 1. The van der Waals surface area contributed by atoms with Crippen LogP contribution >= 0.6 is 0 Å². The first-order chi connectivity index (χ1) is 12.1. The summed E-state index contributed by atoms with van der Waals surface area (Å²) in [7, 11) is 4.28. The Morgan fingerprint density at radius 3 is 2.54 bits per heavy atom. The number of anilines is 1. The summed E-state index contributed by atoms with van der Waals surface area (Å²) in [6, 6.07) is 0. The first kappa shape index (κ1) is 19.1. The fourth-order valence-corrected chi connectivity index (χ4v) is 4.15. The van der Waals surface area contributed by atoms with Crippen LogP contribution in [-0.2, 0) is 17.6 Å². The van der Waals surface area contributed by atoms with Gasteiger partial charge in [-0.2, -0.15) is 0 Å². The Kier molecular flexibility index (Phi) is 5.24. The first-order valence-electron chi connectivity index (χ1n) is 9.71. The normalized spacial score (nSPS) is 21.7. The second-order valence-corrected chi connectivity index (χ2v) is 8.95. The molecule has 0 aromatic carbocycles. The van der Waals surface area contributed by atoms with Gasteiger partial charge in [-0.05, 0) is 41.2 Å². The van der Waals surface area contributed by atoms with Crippen LogP contribution in [0.4, 0.5) is 5.82 Å². The zero-order valence-corrected chi connectivity index (χ0v) is 17.2. The van der Waals surface area contributed by atoms with Gasteiger partial charge in [-0.1, -0.05) is 0 Å². The maximum Gasteiger partial charge on any atom is 0.223 e. The van der Waals surface area contributed by atoms with Crippen molar-refractivity contribution in [2.75, 3.05) is 45.2 Å². The molecule has 6 heteroatoms. The summed E-state index contributed by atoms with van der Waals surface area (Å²) in [4.78, 5) is 28.5. The summed E-state index contributed by atoms with van der Waals surface area (Å²) in [6.07, 6.45) is 2.61. The summed E-state index contributed by atoms with van der Waals surface area (Å²) in [5.41, 5.74) is 2.39. The van der Waals surface area contributed by atoms with Crippen molar-refractivity contribution in [2.24, 2.45) is 5.92 Å². The number of aromatic nitrogens is 2. The number of carbonyl (C=O) groups excluding carboxylic acids is 1. The molecule has 2 aliphatic rings. The standard InChI is InChI=1S/C20H33N5O/c1-14-21-17-8-10-23(5)9-7-16(17)19(22-14)24(6)12-15-11-18(26)25(13-15)20(2,3)4/h15H,7-13H2,1-6H3. The average molecular weight is 360 g/mol. The summed E-state index contributed by atoms with van der Waals surface area (Å²) in [6.45, 7) is 12.1. The number of hydrogen-bond acceptors (Lipinski definition) is 5. The van der Waals surface area contributed by atoms with Crippen molar-refractivity contribution in [3.8, 4) is 0 Å². The molecule has 0 saturated carbocycles. The molecular weight excluding hydrogens is 326 g/mol. The number of nitrogens with zero attached hydrogens (tertiary/aromatic N) is 5. The van der Waals surface area contributed by atoms with Gasteiger partial charge in [-0.3, -0.25) is 4.79 Å². The second kappa shape index (κ2) is 7.14. The third kappa shape index (κ3) is 4.00. The molecule has 1 saturated heterocycles. The Morgan fingerprint density at radius 1 is 1.19 bits per heavy atom. The van der Waals surface area contributed by atoms with Crippen LogP contribution in [-0.4, -0.2) is 71.5 Å². The lowest BCUT2D eigenvalue weighted by atomic mass is 10.1. The van der Waals surface area contributed by atoms with E-state index in [1.807, 2.05) is 11.8 Å². The van der Waals surface area contributed by atoms with Gasteiger partial charge in [-0.25, -0.2) is 9.97 Å². The second-order valence-electron chi connectivity index (χ2n) is 8.95. The molecule has 3 rings (SSSR count). The number of likely N-dealkylation sites (N-methyl/N-ethyl adjacent to an activating group) is 1. The van der Waals surface area contributed by atoms with E-state index in [1.54, 1.807) is 0 Å². The van der Waals surface area contributed by atoms with Crippen molar-refractivity contribution < 1.29 is 4.79 Å². The Morgan fingerprint density at radius 2 is 1.88 bits per heavy atom. The lowest BCUT2D eigenvalue weighted by Crippen LogP contribution is -2.42. The molecule has 1 aromatic rings. The van der Waals surface area contributed by atoms with E-state index in [4.69, 9.17) is 9.97 Å². The number of rotatable bonds is 3. The van der Waals surface area contributed by atoms with Gasteiger partial charge in [0.05, 0.1) is 5.69 Å². The largest absolute Gasteiger partial charge is 0.359 e. The minimum atomic E-state index is -0.0996. The van der Waals surface area contributed by atoms with Crippen molar-refractivity contribution in [3.63, 3.8) is 0 Å². The van der Waals surface area contributed by atoms with Crippen LogP contribution in [0.3, 0.4) is 0 Å². The van der Waals surface area contributed by atoms with E-state index in [0.717, 1.165) is 50.7 Å². The summed E-state index contributed by atoms with van der Waals surface area (Å²) < 4.78 is 0. The van der Waals surface area contributed by atoms with Gasteiger partial charge in [0.2, 0.25) is 5.91 Å². The minimum absolute atomic E-state index is 0.0996. The molecule has 6 nitrogen and oxygen atoms in total. The van der Waals surface area contributed by atoms with Crippen LogP contribution in [0.2, 0.25) is 0 Å². The molecule has 144 valence electrons. The van der Waals surface area contributed by atoms with Crippen molar-refractivity contribution >= 4 is 11.7 Å². The van der Waals surface area contributed by atoms with E-state index in [0.29, 0.717) is 12.3 Å². The zero-order valence-electron chi connectivity index (χ0n) is 17.2. The fraction of sp³-hybridized carbons (Fsp3) is 0.750. The van der Waals surface area contributed by atoms with Gasteiger partial charge in [0.25, 0.3) is 0 Å². The van der Waals surface area contributed by atoms with Crippen molar-refractivity contribution in [1.82, 2.24) is 19.8 Å². The number of hydrogen-bond donors (Lipinski definition) is 0. The zero-order chi connectivity index (χ0) is 19.1. The molecule has 3 heterocycles. The van der Waals surface area contributed by atoms with Crippen molar-refractivity contribution in [2.45, 2.75) is 52.5 Å². The van der Waals surface area contributed by atoms with E-state index in [2.05, 4.69) is 44.7 Å². The number of likely N-dealkylation sites (tertiary alicyclic amines) is 1. The molecule has 1 amide bonds. The molecule has 2 aliphatic heterocycles. The van der Waals surface area contributed by atoms with Crippen LogP contribution in [0.1, 0.15) is 44.3 Å². The van der Waals surface area contributed by atoms with Crippen molar-refractivity contribution in [3.05, 3.63) is 17.1 Å². The maximum absolute atomic E-state index is 12.4. The third-order valence-electron chi connectivity index (χ3n) is 5.57. The molecule has 1 fully saturated rings. The van der Waals surface area contributed by atoms with Crippen LogP contribution < -0.4 is 4.90 Å². The summed E-state index contributed by atoms with van der Waals surface area (Å²) in [5.74, 6) is 2.53. The molecule has 0 bridgehead atoms. The summed E-state index contributed by atoms with van der Waals surface area (Å²) >= 11 is 0. The van der Waals surface area contributed by atoms with Crippen LogP contribution in [0, 0.1) is 12.8 Å². The Labute approximate surface area is 157 Å². The molecule has 0 radical (unpaired) electrons. The Balaban J connectivity index is 1.78.